The van der Waals surface area contributed by atoms with Crippen LogP contribution >= 0.6 is 0 Å². The van der Waals surface area contributed by atoms with Gasteiger partial charge in [0.1, 0.15) is 5.52 Å². The first-order valence-corrected chi connectivity index (χ1v) is 8.76. The highest BCUT2D eigenvalue weighted by atomic mass is 16.5. The summed E-state index contributed by atoms with van der Waals surface area (Å²) in [4.78, 5) is 12.5. The van der Waals surface area contributed by atoms with Crippen molar-refractivity contribution in [3.05, 3.63) is 78.4 Å². The van der Waals surface area contributed by atoms with Gasteiger partial charge < -0.3 is 18.1 Å². The third kappa shape index (κ3) is 3.27. The molecule has 0 saturated carbocycles. The molecule has 0 aliphatic heterocycles. The van der Waals surface area contributed by atoms with Gasteiger partial charge in [-0.05, 0) is 30.3 Å². The molecule has 3 heterocycles. The molecule has 0 atom stereocenters. The van der Waals surface area contributed by atoms with Crippen LogP contribution in [0, 0.1) is 0 Å². The van der Waals surface area contributed by atoms with Gasteiger partial charge in [0.25, 0.3) is 11.8 Å². The van der Waals surface area contributed by atoms with Crippen molar-refractivity contribution in [1.82, 2.24) is 15.4 Å². The van der Waals surface area contributed by atoms with Gasteiger partial charge >= 0.3 is 5.97 Å². The lowest BCUT2D eigenvalue weighted by molar-refractivity contribution is 0.0439. The minimum absolute atomic E-state index is 0.153. The van der Waals surface area contributed by atoms with E-state index in [-0.39, 0.29) is 18.4 Å². The number of esters is 1. The Bertz CT molecular complexity index is 1270. The highest BCUT2D eigenvalue weighted by molar-refractivity contribution is 5.98. The molecular formula is C21H13N3O5. The van der Waals surface area contributed by atoms with Crippen molar-refractivity contribution >= 4 is 16.9 Å². The molecule has 5 rings (SSSR count). The summed E-state index contributed by atoms with van der Waals surface area (Å²) in [5, 5.41) is 12.5. The van der Waals surface area contributed by atoms with Crippen molar-refractivity contribution in [1.29, 1.82) is 0 Å². The first-order valence-electron chi connectivity index (χ1n) is 8.76. The normalized spacial score (nSPS) is 11.0. The van der Waals surface area contributed by atoms with Crippen LogP contribution in [0.4, 0.5) is 0 Å². The Morgan fingerprint density at radius 3 is 2.72 bits per heavy atom. The summed E-state index contributed by atoms with van der Waals surface area (Å²) in [6, 6.07) is 18.0. The van der Waals surface area contributed by atoms with Crippen molar-refractivity contribution in [2.45, 2.75) is 6.61 Å². The minimum Gasteiger partial charge on any atom is -0.459 e. The second kappa shape index (κ2) is 7.08. The van der Waals surface area contributed by atoms with E-state index in [1.165, 1.54) is 6.26 Å². The molecule has 0 N–H and O–H groups in total. The maximum absolute atomic E-state index is 12.5. The zero-order valence-electron chi connectivity index (χ0n) is 14.9. The second-order valence-corrected chi connectivity index (χ2v) is 6.16. The molecule has 0 spiro atoms. The van der Waals surface area contributed by atoms with E-state index in [4.69, 9.17) is 18.1 Å². The third-order valence-electron chi connectivity index (χ3n) is 4.27. The van der Waals surface area contributed by atoms with Gasteiger partial charge in [0.2, 0.25) is 0 Å². The van der Waals surface area contributed by atoms with Crippen LogP contribution in [-0.2, 0) is 11.3 Å². The lowest BCUT2D eigenvalue weighted by Crippen LogP contribution is -2.05. The number of carbonyl (C=O) groups is 1. The van der Waals surface area contributed by atoms with Gasteiger partial charge in [0.05, 0.1) is 17.2 Å². The first-order chi connectivity index (χ1) is 14.3. The van der Waals surface area contributed by atoms with Gasteiger partial charge in [-0.25, -0.2) is 4.79 Å². The molecule has 8 heteroatoms. The SMILES string of the molecule is O=C(OCc1nnc(-c2ccco2)o1)c1ccc2noc(-c3ccccc3)c2c1. The van der Waals surface area contributed by atoms with E-state index in [1.54, 1.807) is 30.3 Å². The Morgan fingerprint density at radius 2 is 1.90 bits per heavy atom. The zero-order valence-corrected chi connectivity index (χ0v) is 14.9. The average molecular weight is 387 g/mol. The molecule has 0 saturated heterocycles. The molecular weight excluding hydrogens is 374 g/mol. The fourth-order valence-electron chi connectivity index (χ4n) is 2.89. The van der Waals surface area contributed by atoms with Crippen LogP contribution in [0.15, 0.2) is 80.3 Å². The maximum Gasteiger partial charge on any atom is 0.338 e. The monoisotopic (exact) mass is 387 g/mol. The lowest BCUT2D eigenvalue weighted by Gasteiger charge is -2.02. The second-order valence-electron chi connectivity index (χ2n) is 6.16. The molecule has 0 fully saturated rings. The molecule has 0 unspecified atom stereocenters. The van der Waals surface area contributed by atoms with Gasteiger partial charge in [-0.2, -0.15) is 0 Å². The van der Waals surface area contributed by atoms with E-state index in [1.807, 2.05) is 30.3 Å². The van der Waals surface area contributed by atoms with E-state index in [0.29, 0.717) is 22.6 Å². The molecule has 5 aromatic rings. The van der Waals surface area contributed by atoms with E-state index < -0.39 is 5.97 Å². The average Bonchev–Trinajstić information content (AvgIpc) is 3.52. The van der Waals surface area contributed by atoms with Gasteiger partial charge in [-0.3, -0.25) is 0 Å². The van der Waals surface area contributed by atoms with Crippen molar-refractivity contribution in [3.63, 3.8) is 0 Å². The standard InChI is InChI=1S/C21H13N3O5/c25-21(27-12-18-22-23-20(28-18)17-7-4-10-26-17)14-8-9-16-15(11-14)19(29-24-16)13-5-2-1-3-6-13/h1-11H,12H2. The Morgan fingerprint density at radius 1 is 1.00 bits per heavy atom. The largest absolute Gasteiger partial charge is 0.459 e. The molecule has 3 aromatic heterocycles. The van der Waals surface area contributed by atoms with Gasteiger partial charge in [0, 0.05) is 5.56 Å². The van der Waals surface area contributed by atoms with Crippen molar-refractivity contribution in [2.75, 3.05) is 0 Å². The minimum atomic E-state index is -0.523. The van der Waals surface area contributed by atoms with Gasteiger partial charge in [-0.1, -0.05) is 35.5 Å². The first kappa shape index (κ1) is 16.9. The number of benzene rings is 2. The fraction of sp³-hybridized carbons (Fsp3) is 0.0476. The number of furan rings is 1. The number of rotatable bonds is 5. The van der Waals surface area contributed by atoms with Crippen LogP contribution in [0.1, 0.15) is 16.2 Å². The Balaban J connectivity index is 1.35. The maximum atomic E-state index is 12.5. The number of aromatic nitrogens is 3. The Labute approximate surface area is 163 Å². The molecule has 0 bridgehead atoms. The Kier molecular flexibility index (Phi) is 4.14. The summed E-state index contributed by atoms with van der Waals surface area (Å²) < 4.78 is 21.4. The number of hydrogen-bond donors (Lipinski definition) is 0. The van der Waals surface area contributed by atoms with E-state index in [9.17, 15) is 4.79 Å². The van der Waals surface area contributed by atoms with Gasteiger partial charge in [0.15, 0.2) is 18.1 Å². The number of ether oxygens (including phenoxy) is 1. The third-order valence-corrected chi connectivity index (χ3v) is 4.27. The van der Waals surface area contributed by atoms with Crippen molar-refractivity contribution in [3.8, 4) is 23.0 Å². The molecule has 0 amide bonds. The van der Waals surface area contributed by atoms with E-state index >= 15 is 0 Å². The predicted molar refractivity (Wildman–Crippen MR) is 101 cm³/mol. The summed E-state index contributed by atoms with van der Waals surface area (Å²) in [5.74, 6) is 0.904. The van der Waals surface area contributed by atoms with Crippen LogP contribution in [0.3, 0.4) is 0 Å². The Hall–Kier alpha value is -4.20. The van der Waals surface area contributed by atoms with E-state index in [0.717, 1.165) is 10.9 Å². The summed E-state index contributed by atoms with van der Waals surface area (Å²) in [6.45, 7) is -0.153. The molecule has 142 valence electrons. The number of nitrogens with zero attached hydrogens (tertiary/aromatic N) is 3. The number of hydrogen-bond acceptors (Lipinski definition) is 8. The predicted octanol–water partition coefficient (Wildman–Crippen LogP) is 4.49. The molecule has 29 heavy (non-hydrogen) atoms. The number of fused-ring (bicyclic) bond motifs is 1. The highest BCUT2D eigenvalue weighted by Gasteiger charge is 2.16. The van der Waals surface area contributed by atoms with Crippen molar-refractivity contribution in [2.24, 2.45) is 0 Å². The zero-order chi connectivity index (χ0) is 19.6. The number of carbonyl (C=O) groups excluding carboxylic acids is 1. The van der Waals surface area contributed by atoms with Crippen molar-refractivity contribution < 1.29 is 22.9 Å². The molecule has 8 nitrogen and oxygen atoms in total. The topological polar surface area (TPSA) is 104 Å². The van der Waals surface area contributed by atoms with Crippen LogP contribution in [0.5, 0.6) is 0 Å². The quantitative estimate of drug-likeness (QED) is 0.406. The molecule has 0 aliphatic carbocycles. The molecule has 0 aliphatic rings. The lowest BCUT2D eigenvalue weighted by atomic mass is 10.1. The van der Waals surface area contributed by atoms with Crippen LogP contribution in [0.2, 0.25) is 0 Å². The summed E-state index contributed by atoms with van der Waals surface area (Å²) in [7, 11) is 0. The van der Waals surface area contributed by atoms with Crippen LogP contribution < -0.4 is 0 Å². The smallest absolute Gasteiger partial charge is 0.338 e. The molecule has 0 radical (unpaired) electrons. The van der Waals surface area contributed by atoms with E-state index in [2.05, 4.69) is 15.4 Å². The summed E-state index contributed by atoms with van der Waals surface area (Å²) >= 11 is 0. The van der Waals surface area contributed by atoms with Crippen LogP contribution in [0.25, 0.3) is 33.9 Å². The van der Waals surface area contributed by atoms with Crippen LogP contribution in [-0.4, -0.2) is 21.3 Å². The molecule has 2 aromatic carbocycles. The fourth-order valence-corrected chi connectivity index (χ4v) is 2.89. The summed E-state index contributed by atoms with van der Waals surface area (Å²) in [6.07, 6.45) is 1.50. The summed E-state index contributed by atoms with van der Waals surface area (Å²) in [5.41, 5.74) is 1.89. The van der Waals surface area contributed by atoms with Gasteiger partial charge in [-0.15, -0.1) is 10.2 Å². The highest BCUT2D eigenvalue weighted by Crippen LogP contribution is 2.29.